The Hall–Kier alpha value is -2.86. The maximum atomic E-state index is 13.0. The zero-order valence-electron chi connectivity index (χ0n) is 19.4. The van der Waals surface area contributed by atoms with Gasteiger partial charge in [0.15, 0.2) is 0 Å². The standard InChI is InChI=1S/C26H34N4O2/c1-4-20-8-6-7-9-24(20)30-18-21(17-25(30)31)26(32)27-23-11-10-22(16-19(23)3)29-14-12-28(5-2)13-15-29/h6-11,16,21H,4-5,12-15,17-18H2,1-3H3,(H,27,32)/t21-/m1/s1. The number of carbonyl (C=O) groups excluding carboxylic acids is 2. The van der Waals surface area contributed by atoms with Crippen LogP contribution < -0.4 is 15.1 Å². The predicted octanol–water partition coefficient (Wildman–Crippen LogP) is 3.69. The first-order chi connectivity index (χ1) is 15.5. The number of nitrogens with zero attached hydrogens (tertiary/aromatic N) is 3. The number of hydrogen-bond donors (Lipinski definition) is 1. The molecule has 2 aromatic rings. The monoisotopic (exact) mass is 434 g/mol. The molecule has 0 radical (unpaired) electrons. The van der Waals surface area contributed by atoms with Crippen molar-refractivity contribution in [2.24, 2.45) is 5.92 Å². The molecule has 2 aromatic carbocycles. The van der Waals surface area contributed by atoms with E-state index in [0.717, 1.165) is 61.6 Å². The Bertz CT molecular complexity index is 982. The lowest BCUT2D eigenvalue weighted by Gasteiger charge is -2.35. The molecule has 0 aliphatic carbocycles. The number of anilines is 3. The smallest absolute Gasteiger partial charge is 0.229 e. The number of benzene rings is 2. The van der Waals surface area contributed by atoms with E-state index in [2.05, 4.69) is 41.1 Å². The summed E-state index contributed by atoms with van der Waals surface area (Å²) in [7, 11) is 0. The molecule has 4 rings (SSSR count). The fraction of sp³-hybridized carbons (Fsp3) is 0.462. The minimum atomic E-state index is -0.339. The Morgan fingerprint density at radius 3 is 2.50 bits per heavy atom. The van der Waals surface area contributed by atoms with Crippen LogP contribution in [-0.4, -0.2) is 56.0 Å². The largest absolute Gasteiger partial charge is 0.369 e. The molecule has 170 valence electrons. The average molecular weight is 435 g/mol. The van der Waals surface area contributed by atoms with Crippen LogP contribution in [0.3, 0.4) is 0 Å². The molecular weight excluding hydrogens is 400 g/mol. The molecule has 0 unspecified atom stereocenters. The van der Waals surface area contributed by atoms with Gasteiger partial charge in [0.1, 0.15) is 0 Å². The number of nitrogens with one attached hydrogen (secondary N) is 1. The van der Waals surface area contributed by atoms with Gasteiger partial charge in [-0.25, -0.2) is 0 Å². The van der Waals surface area contributed by atoms with E-state index in [1.165, 1.54) is 5.69 Å². The highest BCUT2D eigenvalue weighted by Crippen LogP contribution is 2.30. The van der Waals surface area contributed by atoms with E-state index in [4.69, 9.17) is 0 Å². The molecule has 2 saturated heterocycles. The molecule has 0 spiro atoms. The van der Waals surface area contributed by atoms with Crippen LogP contribution in [0.15, 0.2) is 42.5 Å². The van der Waals surface area contributed by atoms with Crippen LogP contribution in [0.2, 0.25) is 0 Å². The van der Waals surface area contributed by atoms with E-state index in [9.17, 15) is 9.59 Å². The van der Waals surface area contributed by atoms with Crippen molar-refractivity contribution in [3.63, 3.8) is 0 Å². The number of piperazine rings is 1. The third kappa shape index (κ3) is 4.65. The molecular formula is C26H34N4O2. The second-order valence-electron chi connectivity index (χ2n) is 8.80. The quantitative estimate of drug-likeness (QED) is 0.753. The first-order valence-electron chi connectivity index (χ1n) is 11.8. The molecule has 2 fully saturated rings. The third-order valence-electron chi connectivity index (χ3n) is 6.81. The van der Waals surface area contributed by atoms with Gasteiger partial charge in [0.05, 0.1) is 5.92 Å². The number of aryl methyl sites for hydroxylation is 2. The van der Waals surface area contributed by atoms with Crippen LogP contribution >= 0.6 is 0 Å². The molecule has 2 heterocycles. The van der Waals surface area contributed by atoms with Gasteiger partial charge < -0.3 is 20.0 Å². The lowest BCUT2D eigenvalue weighted by molar-refractivity contribution is -0.122. The average Bonchev–Trinajstić information content (AvgIpc) is 3.22. The van der Waals surface area contributed by atoms with E-state index in [0.29, 0.717) is 6.54 Å². The normalized spacial score (nSPS) is 19.5. The highest BCUT2D eigenvalue weighted by Gasteiger charge is 2.36. The molecule has 6 nitrogen and oxygen atoms in total. The van der Waals surface area contributed by atoms with E-state index >= 15 is 0 Å². The van der Waals surface area contributed by atoms with Crippen molar-refractivity contribution < 1.29 is 9.59 Å². The van der Waals surface area contributed by atoms with E-state index < -0.39 is 0 Å². The van der Waals surface area contributed by atoms with Crippen LogP contribution in [-0.2, 0) is 16.0 Å². The fourth-order valence-electron chi connectivity index (χ4n) is 4.73. The molecule has 32 heavy (non-hydrogen) atoms. The minimum Gasteiger partial charge on any atom is -0.369 e. The van der Waals surface area contributed by atoms with E-state index in [1.54, 1.807) is 4.90 Å². The van der Waals surface area contributed by atoms with Crippen molar-refractivity contribution in [1.29, 1.82) is 0 Å². The van der Waals surface area contributed by atoms with Gasteiger partial charge >= 0.3 is 0 Å². The zero-order valence-corrected chi connectivity index (χ0v) is 19.4. The second kappa shape index (κ2) is 9.74. The summed E-state index contributed by atoms with van der Waals surface area (Å²) >= 11 is 0. The van der Waals surface area contributed by atoms with Gasteiger partial charge in [0.2, 0.25) is 11.8 Å². The van der Waals surface area contributed by atoms with Gasteiger partial charge in [-0.05, 0) is 55.3 Å². The van der Waals surface area contributed by atoms with Gasteiger partial charge in [-0.1, -0.05) is 32.0 Å². The minimum absolute atomic E-state index is 0.0179. The van der Waals surface area contributed by atoms with Gasteiger partial charge in [-0.3, -0.25) is 9.59 Å². The van der Waals surface area contributed by atoms with Crippen molar-refractivity contribution in [1.82, 2.24) is 4.90 Å². The molecule has 2 amide bonds. The summed E-state index contributed by atoms with van der Waals surface area (Å²) in [5.41, 5.74) is 5.14. The first-order valence-corrected chi connectivity index (χ1v) is 11.8. The van der Waals surface area contributed by atoms with Crippen molar-refractivity contribution in [3.8, 4) is 0 Å². The van der Waals surface area contributed by atoms with Crippen LogP contribution in [0.1, 0.15) is 31.4 Å². The maximum absolute atomic E-state index is 13.0. The number of likely N-dealkylation sites (N-methyl/N-ethyl adjacent to an activating group) is 1. The maximum Gasteiger partial charge on any atom is 0.229 e. The molecule has 0 bridgehead atoms. The van der Waals surface area contributed by atoms with Crippen LogP contribution in [0.25, 0.3) is 0 Å². The molecule has 0 saturated carbocycles. The molecule has 0 aromatic heterocycles. The summed E-state index contributed by atoms with van der Waals surface area (Å²) in [6.07, 6.45) is 1.11. The highest BCUT2D eigenvalue weighted by molar-refractivity contribution is 6.04. The van der Waals surface area contributed by atoms with Gasteiger partial charge in [0, 0.05) is 56.2 Å². The third-order valence-corrected chi connectivity index (χ3v) is 6.81. The molecule has 1 N–H and O–H groups in total. The Morgan fingerprint density at radius 1 is 1.06 bits per heavy atom. The summed E-state index contributed by atoms with van der Waals surface area (Å²) in [6, 6.07) is 14.2. The van der Waals surface area contributed by atoms with Crippen LogP contribution in [0.4, 0.5) is 17.1 Å². The first kappa shape index (κ1) is 22.3. The van der Waals surface area contributed by atoms with Gasteiger partial charge in [0.25, 0.3) is 0 Å². The van der Waals surface area contributed by atoms with Crippen molar-refractivity contribution in [3.05, 3.63) is 53.6 Å². The molecule has 2 aliphatic rings. The van der Waals surface area contributed by atoms with Crippen molar-refractivity contribution >= 4 is 28.9 Å². The lowest BCUT2D eigenvalue weighted by atomic mass is 10.1. The van der Waals surface area contributed by atoms with Crippen molar-refractivity contribution in [2.45, 2.75) is 33.6 Å². The summed E-state index contributed by atoms with van der Waals surface area (Å²) in [6.45, 7) is 12.1. The highest BCUT2D eigenvalue weighted by atomic mass is 16.2. The van der Waals surface area contributed by atoms with Gasteiger partial charge in [-0.2, -0.15) is 0 Å². The Balaban J connectivity index is 1.40. The molecule has 6 heteroatoms. The fourth-order valence-corrected chi connectivity index (χ4v) is 4.73. The topological polar surface area (TPSA) is 55.9 Å². The summed E-state index contributed by atoms with van der Waals surface area (Å²) < 4.78 is 0. The SMILES string of the molecule is CCc1ccccc1N1C[C@H](C(=O)Nc2ccc(N3CCN(CC)CC3)cc2C)CC1=O. The second-order valence-corrected chi connectivity index (χ2v) is 8.80. The number of para-hydroxylation sites is 1. The number of carbonyl (C=O) groups is 2. The van der Waals surface area contributed by atoms with Gasteiger partial charge in [-0.15, -0.1) is 0 Å². The van der Waals surface area contributed by atoms with Crippen molar-refractivity contribution in [2.75, 3.05) is 54.4 Å². The molecule has 1 atom stereocenters. The number of amides is 2. The summed E-state index contributed by atoms with van der Waals surface area (Å²) in [5.74, 6) is -0.403. The summed E-state index contributed by atoms with van der Waals surface area (Å²) in [5, 5.41) is 3.08. The lowest BCUT2D eigenvalue weighted by Crippen LogP contribution is -2.46. The molecule has 2 aliphatic heterocycles. The van der Waals surface area contributed by atoms with E-state index in [1.807, 2.05) is 37.3 Å². The number of hydrogen-bond acceptors (Lipinski definition) is 4. The Kier molecular flexibility index (Phi) is 6.80. The zero-order chi connectivity index (χ0) is 22.7. The predicted molar refractivity (Wildman–Crippen MR) is 130 cm³/mol. The Morgan fingerprint density at radius 2 is 1.81 bits per heavy atom. The summed E-state index contributed by atoms with van der Waals surface area (Å²) in [4.78, 5) is 32.3. The van der Waals surface area contributed by atoms with Crippen LogP contribution in [0, 0.1) is 12.8 Å². The van der Waals surface area contributed by atoms with E-state index in [-0.39, 0.29) is 24.2 Å². The Labute approximate surface area is 191 Å². The number of rotatable bonds is 6. The van der Waals surface area contributed by atoms with Crippen LogP contribution in [0.5, 0.6) is 0 Å².